The van der Waals surface area contributed by atoms with Gasteiger partial charge in [-0.05, 0) is 20.8 Å². The predicted molar refractivity (Wildman–Crippen MR) is 67.8 cm³/mol. The van der Waals surface area contributed by atoms with Gasteiger partial charge in [0.25, 0.3) is 0 Å². The van der Waals surface area contributed by atoms with Crippen molar-refractivity contribution in [1.29, 1.82) is 0 Å². The monoisotopic (exact) mass is 284 g/mol. The molecule has 108 valence electrons. The van der Waals surface area contributed by atoms with E-state index >= 15 is 0 Å². The van der Waals surface area contributed by atoms with Gasteiger partial charge in [-0.25, -0.2) is 22.8 Å². The van der Waals surface area contributed by atoms with Gasteiger partial charge in [-0.15, -0.1) is 0 Å². The van der Waals surface area contributed by atoms with E-state index in [0.29, 0.717) is 18.4 Å². The van der Waals surface area contributed by atoms with Crippen LogP contribution in [0.1, 0.15) is 26.6 Å². The number of aromatic nitrogens is 3. The van der Waals surface area contributed by atoms with Gasteiger partial charge in [-0.3, -0.25) is 0 Å². The maximum Gasteiger partial charge on any atom is 0.161 e. The van der Waals surface area contributed by atoms with Crippen molar-refractivity contribution in [1.82, 2.24) is 20.1 Å². The van der Waals surface area contributed by atoms with E-state index < -0.39 is 17.5 Å². The van der Waals surface area contributed by atoms with E-state index in [1.807, 2.05) is 20.8 Å². The number of nitrogens with one attached hydrogen (secondary N) is 1. The summed E-state index contributed by atoms with van der Waals surface area (Å²) in [6, 6.07) is 1.26. The molecule has 0 spiro atoms. The van der Waals surface area contributed by atoms with Crippen LogP contribution < -0.4 is 5.32 Å². The molecular weight excluding hydrogens is 269 g/mol. The first-order valence-electron chi connectivity index (χ1n) is 6.07. The first-order valence-corrected chi connectivity index (χ1v) is 6.07. The lowest BCUT2D eigenvalue weighted by Gasteiger charge is -2.20. The molecule has 0 aliphatic carbocycles. The molecule has 1 heterocycles. The van der Waals surface area contributed by atoms with Crippen LogP contribution in [0.2, 0.25) is 0 Å². The van der Waals surface area contributed by atoms with Gasteiger partial charge in [0.15, 0.2) is 17.5 Å². The van der Waals surface area contributed by atoms with Gasteiger partial charge in [0, 0.05) is 17.7 Å². The summed E-state index contributed by atoms with van der Waals surface area (Å²) in [5.74, 6) is -2.86. The fourth-order valence-corrected chi connectivity index (χ4v) is 1.61. The standard InChI is InChI=1S/C13H15F3N4/c1-13(2,3)18-6-12-17-7-19-20(12)11-5-9(15)8(14)4-10(11)16/h4-5,7,18H,6H2,1-3H3. The average molecular weight is 284 g/mol. The van der Waals surface area contributed by atoms with Crippen LogP contribution in [-0.4, -0.2) is 20.3 Å². The molecule has 0 amide bonds. The number of nitrogens with zero attached hydrogens (tertiary/aromatic N) is 3. The zero-order valence-corrected chi connectivity index (χ0v) is 11.4. The minimum absolute atomic E-state index is 0.163. The smallest absolute Gasteiger partial charge is 0.161 e. The number of hydrogen-bond acceptors (Lipinski definition) is 3. The molecule has 1 N–H and O–H groups in total. The quantitative estimate of drug-likeness (QED) is 0.881. The second-order valence-electron chi connectivity index (χ2n) is 5.41. The maximum atomic E-state index is 13.7. The zero-order chi connectivity index (χ0) is 14.9. The van der Waals surface area contributed by atoms with Crippen LogP contribution in [0.25, 0.3) is 5.69 Å². The van der Waals surface area contributed by atoms with Crippen molar-refractivity contribution in [3.63, 3.8) is 0 Å². The van der Waals surface area contributed by atoms with E-state index in [-0.39, 0.29) is 11.2 Å². The number of rotatable bonds is 3. The van der Waals surface area contributed by atoms with Crippen molar-refractivity contribution >= 4 is 0 Å². The van der Waals surface area contributed by atoms with Crippen molar-refractivity contribution < 1.29 is 13.2 Å². The lowest BCUT2D eigenvalue weighted by Crippen LogP contribution is -2.36. The molecule has 1 aromatic heterocycles. The third-order valence-corrected chi connectivity index (χ3v) is 2.61. The van der Waals surface area contributed by atoms with Crippen molar-refractivity contribution in [2.75, 3.05) is 0 Å². The normalized spacial score (nSPS) is 11.9. The highest BCUT2D eigenvalue weighted by atomic mass is 19.2. The summed E-state index contributed by atoms with van der Waals surface area (Å²) < 4.78 is 41.1. The van der Waals surface area contributed by atoms with E-state index in [2.05, 4.69) is 15.4 Å². The number of benzene rings is 1. The Hall–Kier alpha value is -1.89. The van der Waals surface area contributed by atoms with E-state index in [9.17, 15) is 13.2 Å². The Balaban J connectivity index is 2.35. The maximum absolute atomic E-state index is 13.7. The van der Waals surface area contributed by atoms with Crippen LogP contribution in [0.5, 0.6) is 0 Å². The molecule has 0 bridgehead atoms. The Morgan fingerprint density at radius 1 is 1.10 bits per heavy atom. The van der Waals surface area contributed by atoms with E-state index in [0.717, 1.165) is 10.7 Å². The van der Waals surface area contributed by atoms with Gasteiger partial charge >= 0.3 is 0 Å². The second kappa shape index (κ2) is 5.24. The second-order valence-corrected chi connectivity index (χ2v) is 5.41. The molecule has 1 aromatic carbocycles. The topological polar surface area (TPSA) is 42.7 Å². The Labute approximate surface area is 114 Å². The van der Waals surface area contributed by atoms with E-state index in [1.165, 1.54) is 6.33 Å². The van der Waals surface area contributed by atoms with Crippen molar-refractivity contribution in [3.05, 3.63) is 41.7 Å². The Morgan fingerprint density at radius 3 is 2.40 bits per heavy atom. The van der Waals surface area contributed by atoms with Gasteiger partial charge in [-0.2, -0.15) is 5.10 Å². The lowest BCUT2D eigenvalue weighted by atomic mass is 10.1. The van der Waals surface area contributed by atoms with Gasteiger partial charge in [0.05, 0.1) is 6.54 Å². The molecule has 0 fully saturated rings. The largest absolute Gasteiger partial charge is 0.305 e. The van der Waals surface area contributed by atoms with Crippen LogP contribution in [-0.2, 0) is 6.54 Å². The van der Waals surface area contributed by atoms with Gasteiger partial charge in [0.1, 0.15) is 17.8 Å². The summed E-state index contributed by atoms with van der Waals surface area (Å²) >= 11 is 0. The predicted octanol–water partition coefficient (Wildman–Crippen LogP) is 2.57. The molecular formula is C13H15F3N4. The summed E-state index contributed by atoms with van der Waals surface area (Å²) in [5, 5.41) is 7.02. The van der Waals surface area contributed by atoms with Gasteiger partial charge in [-0.1, -0.05) is 0 Å². The highest BCUT2D eigenvalue weighted by molar-refractivity contribution is 5.34. The molecule has 0 saturated carbocycles. The third kappa shape index (κ3) is 3.16. The first-order chi connectivity index (χ1) is 9.28. The lowest BCUT2D eigenvalue weighted by molar-refractivity contribution is 0.414. The van der Waals surface area contributed by atoms with Crippen LogP contribution in [0.3, 0.4) is 0 Å². The molecule has 0 unspecified atom stereocenters. The average Bonchev–Trinajstić information content (AvgIpc) is 2.78. The van der Waals surface area contributed by atoms with Crippen molar-refractivity contribution in [2.45, 2.75) is 32.9 Å². The summed E-state index contributed by atoms with van der Waals surface area (Å²) in [7, 11) is 0. The Bertz CT molecular complexity index is 617. The van der Waals surface area contributed by atoms with Gasteiger partial charge < -0.3 is 5.32 Å². The zero-order valence-electron chi connectivity index (χ0n) is 11.4. The molecule has 7 heteroatoms. The van der Waals surface area contributed by atoms with E-state index in [1.54, 1.807) is 0 Å². The van der Waals surface area contributed by atoms with Gasteiger partial charge in [0.2, 0.25) is 0 Å². The minimum Gasteiger partial charge on any atom is -0.305 e. The number of hydrogen-bond donors (Lipinski definition) is 1. The molecule has 0 radical (unpaired) electrons. The summed E-state index contributed by atoms with van der Waals surface area (Å²) in [6.45, 7) is 6.21. The summed E-state index contributed by atoms with van der Waals surface area (Å²) in [4.78, 5) is 4.00. The Kier molecular flexibility index (Phi) is 3.80. The molecule has 0 atom stereocenters. The van der Waals surface area contributed by atoms with Crippen LogP contribution in [0, 0.1) is 17.5 Å². The number of halogens is 3. The Morgan fingerprint density at radius 2 is 1.75 bits per heavy atom. The fraction of sp³-hybridized carbons (Fsp3) is 0.385. The van der Waals surface area contributed by atoms with Crippen LogP contribution in [0.15, 0.2) is 18.5 Å². The SMILES string of the molecule is CC(C)(C)NCc1ncnn1-c1cc(F)c(F)cc1F. The molecule has 0 saturated heterocycles. The van der Waals surface area contributed by atoms with E-state index in [4.69, 9.17) is 0 Å². The van der Waals surface area contributed by atoms with Crippen LogP contribution >= 0.6 is 0 Å². The highest BCUT2D eigenvalue weighted by Crippen LogP contribution is 2.18. The highest BCUT2D eigenvalue weighted by Gasteiger charge is 2.17. The molecule has 2 rings (SSSR count). The molecule has 20 heavy (non-hydrogen) atoms. The molecule has 0 aliphatic rings. The fourth-order valence-electron chi connectivity index (χ4n) is 1.61. The molecule has 4 nitrogen and oxygen atoms in total. The minimum atomic E-state index is -1.24. The van der Waals surface area contributed by atoms with Crippen molar-refractivity contribution in [2.24, 2.45) is 0 Å². The molecule has 2 aromatic rings. The molecule has 0 aliphatic heterocycles. The third-order valence-electron chi connectivity index (χ3n) is 2.61. The summed E-state index contributed by atoms with van der Waals surface area (Å²) in [5.41, 5.74) is -0.337. The first kappa shape index (κ1) is 14.5. The summed E-state index contributed by atoms with van der Waals surface area (Å²) in [6.07, 6.45) is 1.24. The van der Waals surface area contributed by atoms with Crippen LogP contribution in [0.4, 0.5) is 13.2 Å². The van der Waals surface area contributed by atoms with Crippen molar-refractivity contribution in [3.8, 4) is 5.69 Å².